The maximum atomic E-state index is 13.2. The van der Waals surface area contributed by atoms with E-state index < -0.39 is 11.2 Å². The summed E-state index contributed by atoms with van der Waals surface area (Å²) in [7, 11) is 0. The fourth-order valence-corrected chi connectivity index (χ4v) is 2.71. The lowest BCUT2D eigenvalue weighted by Gasteiger charge is -2.16. The van der Waals surface area contributed by atoms with Gasteiger partial charge in [-0.1, -0.05) is 74.8 Å². The van der Waals surface area contributed by atoms with Crippen LogP contribution in [0.4, 0.5) is 8.96 Å². The highest BCUT2D eigenvalue weighted by molar-refractivity contribution is 6.06. The van der Waals surface area contributed by atoms with Crippen LogP contribution >= 0.6 is 0 Å². The number of phenolic OH excluding ortho intramolecular Hbond substituents is 1. The second-order valence-corrected chi connectivity index (χ2v) is 5.30. The van der Waals surface area contributed by atoms with Crippen LogP contribution in [-0.2, 0) is 0 Å². The van der Waals surface area contributed by atoms with E-state index in [1.165, 1.54) is 18.2 Å². The van der Waals surface area contributed by atoms with Gasteiger partial charge in [-0.05, 0) is 34.2 Å². The molecule has 2 N–H and O–H groups in total. The van der Waals surface area contributed by atoms with Crippen molar-refractivity contribution in [2.24, 2.45) is 5.16 Å². The molecule has 0 amide bonds. The van der Waals surface area contributed by atoms with E-state index in [-0.39, 0.29) is 11.3 Å². The largest absolute Gasteiger partial charge is 0.508 e. The third kappa shape index (κ3) is 3.28. The molecule has 0 bridgehead atoms. The zero-order valence-electron chi connectivity index (χ0n) is 13.0. The van der Waals surface area contributed by atoms with E-state index in [2.05, 4.69) is 5.16 Å². The second-order valence-electron chi connectivity index (χ2n) is 5.30. The van der Waals surface area contributed by atoms with Crippen LogP contribution in [0.25, 0.3) is 22.3 Å². The predicted octanol–water partition coefficient (Wildman–Crippen LogP) is 4.93. The van der Waals surface area contributed by atoms with Gasteiger partial charge in [-0.2, -0.15) is 0 Å². The maximum Gasteiger partial charge on any atom is 0.239 e. The van der Waals surface area contributed by atoms with E-state index >= 15 is 0 Å². The van der Waals surface area contributed by atoms with Crippen molar-refractivity contribution in [3.05, 3.63) is 78.4 Å². The molecule has 126 valence electrons. The second kappa shape index (κ2) is 7.00. The third-order valence-corrected chi connectivity index (χ3v) is 3.80. The fourth-order valence-electron chi connectivity index (χ4n) is 2.71. The first-order chi connectivity index (χ1) is 12.1. The van der Waals surface area contributed by atoms with E-state index in [0.29, 0.717) is 16.7 Å². The van der Waals surface area contributed by atoms with Crippen LogP contribution in [0.3, 0.4) is 0 Å². The van der Waals surface area contributed by atoms with Crippen molar-refractivity contribution in [2.45, 2.75) is 0 Å². The summed E-state index contributed by atoms with van der Waals surface area (Å²) >= 11 is 0. The molecule has 25 heavy (non-hydrogen) atoms. The molecule has 0 spiro atoms. The molecule has 0 aliphatic rings. The molecule has 3 rings (SSSR count). The Hall–Kier alpha value is -3.41. The molecule has 3 aromatic carbocycles. The lowest BCUT2D eigenvalue weighted by atomic mass is 9.90. The summed E-state index contributed by atoms with van der Waals surface area (Å²) in [4.78, 5) is 0. The van der Waals surface area contributed by atoms with Crippen LogP contribution in [0, 0.1) is 0 Å². The normalized spacial score (nSPS) is 11.4. The van der Waals surface area contributed by atoms with Gasteiger partial charge >= 0.3 is 0 Å². The monoisotopic (exact) mass is 340 g/mol. The van der Waals surface area contributed by atoms with Gasteiger partial charge in [-0.25, -0.2) is 0 Å². The lowest BCUT2D eigenvalue weighted by molar-refractivity contribution is -0.0755. The van der Waals surface area contributed by atoms with Crippen LogP contribution < -0.4 is 0 Å². The third-order valence-electron chi connectivity index (χ3n) is 3.80. The lowest BCUT2D eigenvalue weighted by Crippen LogP contribution is -2.16. The fraction of sp³-hybridized carbons (Fsp3) is 0. The number of aromatic hydroxyl groups is 1. The minimum Gasteiger partial charge on any atom is -0.508 e. The Kier molecular flexibility index (Phi) is 4.61. The molecule has 3 aromatic rings. The van der Waals surface area contributed by atoms with E-state index in [9.17, 15) is 14.1 Å². The highest BCUT2D eigenvalue weighted by atomic mass is 19.4. The Balaban J connectivity index is 2.31. The van der Waals surface area contributed by atoms with Crippen molar-refractivity contribution >= 4 is 5.84 Å². The Labute approximate surface area is 142 Å². The van der Waals surface area contributed by atoms with Crippen molar-refractivity contribution in [1.29, 1.82) is 0 Å². The number of phenols is 1. The van der Waals surface area contributed by atoms with E-state index in [1.807, 2.05) is 6.07 Å². The highest BCUT2D eigenvalue weighted by Gasteiger charge is 2.21. The molecule has 0 atom stereocenters. The van der Waals surface area contributed by atoms with Crippen molar-refractivity contribution in [2.75, 3.05) is 0 Å². The molecule has 6 heteroatoms. The van der Waals surface area contributed by atoms with Gasteiger partial charge in [0, 0.05) is 11.1 Å². The van der Waals surface area contributed by atoms with Gasteiger partial charge in [0.15, 0.2) is 0 Å². The first-order valence-electron chi connectivity index (χ1n) is 7.43. The topological polar surface area (TPSA) is 56.1 Å². The first-order valence-corrected chi connectivity index (χ1v) is 7.43. The van der Waals surface area contributed by atoms with E-state index in [1.54, 1.807) is 48.5 Å². The number of hydrogen-bond donors (Lipinski definition) is 2. The summed E-state index contributed by atoms with van der Waals surface area (Å²) in [6.07, 6.45) is 0. The SMILES string of the molecule is ON=C(c1cccc(-c2ccc(O)cc2)c1-c1ccccc1)N(F)F. The number of amidine groups is 1. The number of hydrogen-bond acceptors (Lipinski definition) is 3. The van der Waals surface area contributed by atoms with Gasteiger partial charge in [-0.3, -0.25) is 0 Å². The highest BCUT2D eigenvalue weighted by Crippen LogP contribution is 2.36. The minimum absolute atomic E-state index is 0.0873. The van der Waals surface area contributed by atoms with Crippen LogP contribution in [0.1, 0.15) is 5.56 Å². The van der Waals surface area contributed by atoms with Crippen molar-refractivity contribution in [1.82, 2.24) is 5.34 Å². The van der Waals surface area contributed by atoms with Gasteiger partial charge in [0.25, 0.3) is 0 Å². The summed E-state index contributed by atoms with van der Waals surface area (Å²) < 4.78 is 26.4. The zero-order chi connectivity index (χ0) is 17.8. The van der Waals surface area contributed by atoms with Crippen LogP contribution in [0.2, 0.25) is 0 Å². The molecule has 0 aliphatic carbocycles. The van der Waals surface area contributed by atoms with Crippen LogP contribution in [0.15, 0.2) is 78.0 Å². The summed E-state index contributed by atoms with van der Waals surface area (Å²) in [5, 5.41) is 20.1. The summed E-state index contributed by atoms with van der Waals surface area (Å²) in [5.74, 6) is -0.739. The Morgan fingerprint density at radius 3 is 2.08 bits per heavy atom. The molecular formula is C19H14F2N2O2. The number of halogens is 2. The average molecular weight is 340 g/mol. The number of rotatable bonds is 3. The smallest absolute Gasteiger partial charge is 0.239 e. The summed E-state index contributed by atoms with van der Waals surface area (Å²) in [6.45, 7) is 0. The molecule has 0 saturated heterocycles. The van der Waals surface area contributed by atoms with Crippen molar-refractivity contribution in [3.8, 4) is 28.0 Å². The molecule has 0 radical (unpaired) electrons. The van der Waals surface area contributed by atoms with E-state index in [0.717, 1.165) is 5.56 Å². The molecule has 0 heterocycles. The molecule has 4 nitrogen and oxygen atoms in total. The van der Waals surface area contributed by atoms with Gasteiger partial charge < -0.3 is 10.3 Å². The molecule has 0 fully saturated rings. The van der Waals surface area contributed by atoms with Crippen molar-refractivity contribution < 1.29 is 19.3 Å². The van der Waals surface area contributed by atoms with Crippen LogP contribution in [-0.4, -0.2) is 21.5 Å². The molecule has 0 saturated carbocycles. The van der Waals surface area contributed by atoms with Gasteiger partial charge in [0.1, 0.15) is 5.75 Å². The Morgan fingerprint density at radius 2 is 1.48 bits per heavy atom. The molecule has 0 aromatic heterocycles. The van der Waals surface area contributed by atoms with Crippen molar-refractivity contribution in [3.63, 3.8) is 0 Å². The molecular weight excluding hydrogens is 326 g/mol. The quantitative estimate of drug-likeness (QED) is 0.234. The molecule has 0 unspecified atom stereocenters. The number of benzene rings is 3. The minimum atomic E-state index is -1.22. The summed E-state index contributed by atoms with van der Waals surface area (Å²) in [5.41, 5.74) is 2.70. The van der Waals surface area contributed by atoms with E-state index in [4.69, 9.17) is 5.21 Å². The first kappa shape index (κ1) is 16.4. The standard InChI is InChI=1S/C19H14F2N2O2/c20-23(21)19(22-25)17-8-4-7-16(13-9-11-15(24)12-10-13)18(17)14-5-2-1-3-6-14/h1-12,24-25H. The Bertz CT molecular complexity index is 895. The predicted molar refractivity (Wildman–Crippen MR) is 91.4 cm³/mol. The summed E-state index contributed by atoms with van der Waals surface area (Å²) in [6, 6.07) is 20.3. The van der Waals surface area contributed by atoms with Gasteiger partial charge in [-0.15, -0.1) is 0 Å². The Morgan fingerprint density at radius 1 is 0.800 bits per heavy atom. The maximum absolute atomic E-state index is 13.2. The number of oxime groups is 1. The molecule has 0 aliphatic heterocycles. The van der Waals surface area contributed by atoms with Gasteiger partial charge in [0.05, 0.1) is 0 Å². The van der Waals surface area contributed by atoms with Gasteiger partial charge in [0.2, 0.25) is 5.84 Å². The number of nitrogens with zero attached hydrogens (tertiary/aromatic N) is 2. The average Bonchev–Trinajstić information content (AvgIpc) is 2.63. The zero-order valence-corrected chi connectivity index (χ0v) is 13.0. The van der Waals surface area contributed by atoms with Crippen LogP contribution in [0.5, 0.6) is 5.75 Å².